The Hall–Kier alpha value is -3.31. The molecule has 0 bridgehead atoms. The minimum Gasteiger partial charge on any atom is -0.382 e. The number of nitrogen functional groups attached to an aromatic ring is 1. The normalized spacial score (nSPS) is 19.3. The van der Waals surface area contributed by atoms with Gasteiger partial charge < -0.3 is 15.2 Å². The van der Waals surface area contributed by atoms with E-state index in [1.807, 2.05) is 48.8 Å². The lowest BCUT2D eigenvalue weighted by Crippen LogP contribution is -2.55. The van der Waals surface area contributed by atoms with Gasteiger partial charge in [0.15, 0.2) is 11.5 Å². The van der Waals surface area contributed by atoms with Crippen LogP contribution in [-0.4, -0.2) is 48.6 Å². The van der Waals surface area contributed by atoms with Gasteiger partial charge in [0.1, 0.15) is 17.4 Å². The van der Waals surface area contributed by atoms with Gasteiger partial charge in [0.05, 0.1) is 30.8 Å². The highest BCUT2D eigenvalue weighted by molar-refractivity contribution is 7.51. The van der Waals surface area contributed by atoms with Crippen LogP contribution in [0.15, 0.2) is 55.1 Å². The molecule has 3 atom stereocenters. The molecule has 12 nitrogen and oxygen atoms in total. The minimum atomic E-state index is -4.46. The largest absolute Gasteiger partial charge is 0.432 e. The first-order chi connectivity index (χ1) is 17.5. The number of anilines is 2. The number of amides is 1. The van der Waals surface area contributed by atoms with Gasteiger partial charge in [-0.2, -0.15) is 0 Å². The van der Waals surface area contributed by atoms with Crippen LogP contribution in [0.1, 0.15) is 40.2 Å². The van der Waals surface area contributed by atoms with Crippen LogP contribution in [0.5, 0.6) is 0 Å². The first-order valence-corrected chi connectivity index (χ1v) is 13.5. The summed E-state index contributed by atoms with van der Waals surface area (Å²) in [6.45, 7) is 6.82. The van der Waals surface area contributed by atoms with Crippen molar-refractivity contribution in [3.05, 3.63) is 55.1 Å². The summed E-state index contributed by atoms with van der Waals surface area (Å²) < 4.78 is 20.0. The van der Waals surface area contributed by atoms with Crippen molar-refractivity contribution >= 4 is 36.3 Å². The van der Waals surface area contributed by atoms with E-state index in [2.05, 4.69) is 20.0 Å². The van der Waals surface area contributed by atoms with Crippen molar-refractivity contribution < 1.29 is 23.6 Å². The second kappa shape index (κ2) is 10.6. The van der Waals surface area contributed by atoms with Gasteiger partial charge in [0, 0.05) is 5.92 Å². The van der Waals surface area contributed by atoms with Gasteiger partial charge in [0.25, 0.3) is 5.91 Å². The first-order valence-electron chi connectivity index (χ1n) is 11.9. The summed E-state index contributed by atoms with van der Waals surface area (Å²) in [5.41, 5.74) is 6.31. The second-order valence-electron chi connectivity index (χ2n) is 9.63. The molecule has 4 N–H and O–H groups in total. The molecule has 0 spiro atoms. The number of nitrogens with two attached hydrogens (primary N) is 1. The lowest BCUT2D eigenvalue weighted by Gasteiger charge is -2.38. The molecule has 3 aromatic rings. The molecule has 2 aromatic heterocycles. The van der Waals surface area contributed by atoms with Crippen molar-refractivity contribution in [1.82, 2.24) is 24.6 Å². The zero-order valence-corrected chi connectivity index (χ0v) is 22.1. The molecular weight excluding hydrogens is 497 g/mol. The Morgan fingerprint density at radius 2 is 2.00 bits per heavy atom. The second-order valence-corrected chi connectivity index (χ2v) is 11.2. The standard InChI is InChI=1S/C24H32N7O5P/c1-16(2)36-31(18-8-6-5-7-9-18)24(3,4)23(32)29-37(33,34)35-13-17-10-11-19(12-17)30-15-28-20-21(25)26-14-27-22(20)30/h5-11,14-17,19H,12-13H2,1-4H3,(H2,25,26,27)(H2,29,32,33,34)/t17-,19+/m0/s1. The molecule has 1 unspecified atom stereocenters. The zero-order valence-electron chi connectivity index (χ0n) is 21.2. The summed E-state index contributed by atoms with van der Waals surface area (Å²) >= 11 is 0. The number of fused-ring (bicyclic) bond motifs is 1. The van der Waals surface area contributed by atoms with Gasteiger partial charge >= 0.3 is 7.75 Å². The number of allylic oxidation sites excluding steroid dienone is 1. The van der Waals surface area contributed by atoms with Crippen LogP contribution in [0.4, 0.5) is 11.5 Å². The van der Waals surface area contributed by atoms with Crippen LogP contribution in [0.25, 0.3) is 11.2 Å². The van der Waals surface area contributed by atoms with Gasteiger partial charge in [-0.1, -0.05) is 30.4 Å². The third-order valence-corrected chi connectivity index (χ3v) is 6.96. The molecule has 4 rings (SSSR count). The molecule has 1 aliphatic carbocycles. The molecule has 1 aliphatic rings. The number of hydrogen-bond acceptors (Lipinski definition) is 9. The molecular formula is C24H32N7O5P. The maximum atomic E-state index is 13.1. The smallest absolute Gasteiger partial charge is 0.382 e. The van der Waals surface area contributed by atoms with Crippen LogP contribution in [0, 0.1) is 5.92 Å². The number of hydrogen-bond donors (Lipinski definition) is 3. The molecule has 0 saturated carbocycles. The molecule has 1 amide bonds. The average Bonchev–Trinajstić information content (AvgIpc) is 3.49. The zero-order chi connectivity index (χ0) is 26.8. The average molecular weight is 530 g/mol. The predicted octanol–water partition coefficient (Wildman–Crippen LogP) is 3.38. The SMILES string of the molecule is CC(C)ON(c1ccccc1)C(C)(C)C(=O)NP(=O)(O)OC[C@H]1C=C[C@@H](n2cnc3c(N)ncnc32)C1. The Bertz CT molecular complexity index is 1330. The third kappa shape index (κ3) is 5.99. The lowest BCUT2D eigenvalue weighted by molar-refractivity contribution is -0.128. The monoisotopic (exact) mass is 529 g/mol. The molecule has 0 aliphatic heterocycles. The lowest BCUT2D eigenvalue weighted by atomic mass is 10.0. The van der Waals surface area contributed by atoms with Crippen molar-refractivity contribution in [3.63, 3.8) is 0 Å². The number of hydroxylamine groups is 1. The van der Waals surface area contributed by atoms with Crippen LogP contribution >= 0.6 is 7.75 Å². The predicted molar refractivity (Wildman–Crippen MR) is 139 cm³/mol. The molecule has 0 saturated heterocycles. The van der Waals surface area contributed by atoms with Crippen molar-refractivity contribution in [2.75, 3.05) is 17.4 Å². The maximum absolute atomic E-state index is 13.1. The van der Waals surface area contributed by atoms with Crippen molar-refractivity contribution in [2.45, 2.75) is 51.8 Å². The van der Waals surface area contributed by atoms with E-state index in [9.17, 15) is 14.3 Å². The number of para-hydroxylation sites is 1. The number of carbonyl (C=O) groups excluding carboxylic acids is 1. The molecule has 0 radical (unpaired) electrons. The Labute approximate surface area is 215 Å². The molecule has 13 heteroatoms. The van der Waals surface area contributed by atoms with E-state index in [1.165, 1.54) is 11.4 Å². The van der Waals surface area contributed by atoms with Gasteiger partial charge in [-0.25, -0.2) is 24.6 Å². The summed E-state index contributed by atoms with van der Waals surface area (Å²) in [7, 11) is -4.46. The first kappa shape index (κ1) is 26.7. The molecule has 198 valence electrons. The van der Waals surface area contributed by atoms with Gasteiger partial charge in [0.2, 0.25) is 0 Å². The number of imidazole rings is 1. The van der Waals surface area contributed by atoms with Crippen LogP contribution in [0.3, 0.4) is 0 Å². The summed E-state index contributed by atoms with van der Waals surface area (Å²) in [4.78, 5) is 42.0. The number of rotatable bonds is 10. The molecule has 2 heterocycles. The highest BCUT2D eigenvalue weighted by atomic mass is 31.2. The summed E-state index contributed by atoms with van der Waals surface area (Å²) in [5.74, 6) is -0.572. The summed E-state index contributed by atoms with van der Waals surface area (Å²) in [5, 5.41) is 3.60. The highest BCUT2D eigenvalue weighted by Crippen LogP contribution is 2.41. The summed E-state index contributed by atoms with van der Waals surface area (Å²) in [6.07, 6.45) is 7.25. The van der Waals surface area contributed by atoms with Crippen LogP contribution in [-0.2, 0) is 18.7 Å². The minimum absolute atomic E-state index is 0.0594. The number of carbonyl (C=O) groups is 1. The highest BCUT2D eigenvalue weighted by Gasteiger charge is 2.40. The fraction of sp³-hybridized carbons (Fsp3) is 0.417. The number of nitrogens with one attached hydrogen (secondary N) is 1. The van der Waals surface area contributed by atoms with Crippen molar-refractivity contribution in [1.29, 1.82) is 0 Å². The molecule has 0 fully saturated rings. The Morgan fingerprint density at radius 3 is 2.70 bits per heavy atom. The van der Waals surface area contributed by atoms with Gasteiger partial charge in [-0.3, -0.25) is 19.2 Å². The maximum Gasteiger partial charge on any atom is 0.432 e. The van der Waals surface area contributed by atoms with E-state index < -0.39 is 19.2 Å². The van der Waals surface area contributed by atoms with E-state index in [0.717, 1.165) is 0 Å². The van der Waals surface area contributed by atoms with Gasteiger partial charge in [-0.05, 0) is 46.2 Å². The molecule has 1 aromatic carbocycles. The van der Waals surface area contributed by atoms with Crippen LogP contribution in [0.2, 0.25) is 0 Å². The van der Waals surface area contributed by atoms with E-state index in [1.54, 1.807) is 32.3 Å². The van der Waals surface area contributed by atoms with Crippen molar-refractivity contribution in [3.8, 4) is 0 Å². The number of nitrogens with zero attached hydrogens (tertiary/aromatic N) is 5. The topological polar surface area (TPSA) is 158 Å². The number of benzene rings is 1. The fourth-order valence-electron chi connectivity index (χ4n) is 4.07. The quantitative estimate of drug-likeness (QED) is 0.202. The Morgan fingerprint density at radius 1 is 1.27 bits per heavy atom. The van der Waals surface area contributed by atoms with E-state index >= 15 is 0 Å². The van der Waals surface area contributed by atoms with E-state index in [4.69, 9.17) is 15.1 Å². The van der Waals surface area contributed by atoms with Crippen LogP contribution < -0.4 is 15.9 Å². The molecule has 37 heavy (non-hydrogen) atoms. The third-order valence-electron chi connectivity index (χ3n) is 5.97. The van der Waals surface area contributed by atoms with Crippen molar-refractivity contribution in [2.24, 2.45) is 5.92 Å². The number of aromatic nitrogens is 4. The fourth-order valence-corrected chi connectivity index (χ4v) is 5.06. The Kier molecular flexibility index (Phi) is 7.65. The van der Waals surface area contributed by atoms with E-state index in [-0.39, 0.29) is 24.7 Å². The Balaban J connectivity index is 1.37. The summed E-state index contributed by atoms with van der Waals surface area (Å²) in [6, 6.07) is 8.99. The van der Waals surface area contributed by atoms with E-state index in [0.29, 0.717) is 29.1 Å². The van der Waals surface area contributed by atoms with Gasteiger partial charge in [-0.15, -0.1) is 0 Å².